The van der Waals surface area contributed by atoms with E-state index in [4.69, 9.17) is 21.1 Å². The first-order valence-electron chi connectivity index (χ1n) is 6.80. The van der Waals surface area contributed by atoms with Crippen molar-refractivity contribution < 1.29 is 9.47 Å². The van der Waals surface area contributed by atoms with Gasteiger partial charge in [0.15, 0.2) is 11.5 Å². The molecule has 0 radical (unpaired) electrons. The van der Waals surface area contributed by atoms with E-state index in [1.165, 1.54) is 0 Å². The van der Waals surface area contributed by atoms with Crippen molar-refractivity contribution in [2.45, 2.75) is 12.3 Å². The molecule has 0 spiro atoms. The topological polar surface area (TPSA) is 42.2 Å². The van der Waals surface area contributed by atoms with E-state index in [-0.39, 0.29) is 5.92 Å². The fourth-order valence-electron chi connectivity index (χ4n) is 2.37. The Labute approximate surface area is 128 Å². The Balaban J connectivity index is 1.83. The molecule has 0 saturated heterocycles. The third-order valence-electron chi connectivity index (χ3n) is 3.48. The Hall–Kier alpha value is -2.18. The minimum atomic E-state index is -0.220. The molecule has 2 aromatic rings. The van der Waals surface area contributed by atoms with Gasteiger partial charge in [-0.3, -0.25) is 0 Å². The smallest absolute Gasteiger partial charge is 0.161 e. The second-order valence-corrected chi connectivity index (χ2v) is 5.35. The first kappa shape index (κ1) is 13.8. The molecule has 1 heterocycles. The number of hydrogen-bond acceptors (Lipinski definition) is 3. The Morgan fingerprint density at radius 3 is 2.48 bits per heavy atom. The molecule has 4 heteroatoms. The summed E-state index contributed by atoms with van der Waals surface area (Å²) < 4.78 is 11.1. The van der Waals surface area contributed by atoms with Gasteiger partial charge in [0.2, 0.25) is 0 Å². The van der Waals surface area contributed by atoms with Gasteiger partial charge in [0.05, 0.1) is 12.0 Å². The first-order valence-corrected chi connectivity index (χ1v) is 7.17. The molecule has 0 amide bonds. The van der Waals surface area contributed by atoms with Crippen LogP contribution in [0.15, 0.2) is 42.5 Å². The SMILES string of the molecule is N#CC(Cc1ccc(Cl)cc1)c1ccc2c(c1)OCCO2. The van der Waals surface area contributed by atoms with E-state index < -0.39 is 0 Å². The number of fused-ring (bicyclic) bond motifs is 1. The van der Waals surface area contributed by atoms with E-state index in [0.717, 1.165) is 22.6 Å². The van der Waals surface area contributed by atoms with Crippen LogP contribution in [0.3, 0.4) is 0 Å². The van der Waals surface area contributed by atoms with Crippen molar-refractivity contribution in [2.75, 3.05) is 13.2 Å². The number of halogens is 1. The largest absolute Gasteiger partial charge is 0.486 e. The average molecular weight is 300 g/mol. The fraction of sp³-hybridized carbons (Fsp3) is 0.235. The zero-order valence-electron chi connectivity index (χ0n) is 11.4. The molecule has 0 fully saturated rings. The van der Waals surface area contributed by atoms with E-state index >= 15 is 0 Å². The van der Waals surface area contributed by atoms with Gasteiger partial charge in [-0.1, -0.05) is 29.8 Å². The summed E-state index contributed by atoms with van der Waals surface area (Å²) in [6, 6.07) is 15.6. The van der Waals surface area contributed by atoms with Crippen LogP contribution in [-0.4, -0.2) is 13.2 Å². The van der Waals surface area contributed by atoms with Crippen molar-refractivity contribution in [3.63, 3.8) is 0 Å². The molecule has 106 valence electrons. The summed E-state index contributed by atoms with van der Waals surface area (Å²) in [4.78, 5) is 0. The molecule has 0 aromatic heterocycles. The number of nitrogens with zero attached hydrogens (tertiary/aromatic N) is 1. The minimum absolute atomic E-state index is 0.220. The fourth-order valence-corrected chi connectivity index (χ4v) is 2.50. The van der Waals surface area contributed by atoms with Gasteiger partial charge in [-0.05, 0) is 41.8 Å². The maximum Gasteiger partial charge on any atom is 0.161 e. The molecule has 1 aliphatic heterocycles. The Kier molecular flexibility index (Phi) is 3.98. The maximum atomic E-state index is 9.45. The van der Waals surface area contributed by atoms with Gasteiger partial charge >= 0.3 is 0 Å². The second-order valence-electron chi connectivity index (χ2n) is 4.92. The number of benzene rings is 2. The van der Waals surface area contributed by atoms with E-state index in [1.807, 2.05) is 42.5 Å². The molecular weight excluding hydrogens is 286 g/mol. The van der Waals surface area contributed by atoms with Gasteiger partial charge in [0, 0.05) is 5.02 Å². The van der Waals surface area contributed by atoms with Gasteiger partial charge in [-0.25, -0.2) is 0 Å². The summed E-state index contributed by atoms with van der Waals surface area (Å²) in [5.41, 5.74) is 2.03. The summed E-state index contributed by atoms with van der Waals surface area (Å²) >= 11 is 5.88. The highest BCUT2D eigenvalue weighted by Gasteiger charge is 2.17. The van der Waals surface area contributed by atoms with Gasteiger partial charge < -0.3 is 9.47 Å². The van der Waals surface area contributed by atoms with E-state index in [1.54, 1.807) is 0 Å². The Morgan fingerprint density at radius 1 is 1.05 bits per heavy atom. The molecule has 21 heavy (non-hydrogen) atoms. The highest BCUT2D eigenvalue weighted by Crippen LogP contribution is 2.34. The van der Waals surface area contributed by atoms with Crippen molar-refractivity contribution in [3.05, 3.63) is 58.6 Å². The average Bonchev–Trinajstić information content (AvgIpc) is 2.54. The van der Waals surface area contributed by atoms with Crippen LogP contribution in [0.4, 0.5) is 0 Å². The van der Waals surface area contributed by atoms with Crippen molar-refractivity contribution in [2.24, 2.45) is 0 Å². The van der Waals surface area contributed by atoms with Gasteiger partial charge in [-0.2, -0.15) is 5.26 Å². The van der Waals surface area contributed by atoms with Gasteiger partial charge in [-0.15, -0.1) is 0 Å². The van der Waals surface area contributed by atoms with Crippen LogP contribution in [0.2, 0.25) is 5.02 Å². The third-order valence-corrected chi connectivity index (χ3v) is 3.73. The number of nitriles is 1. The van der Waals surface area contributed by atoms with E-state index in [2.05, 4.69) is 6.07 Å². The summed E-state index contributed by atoms with van der Waals surface area (Å²) in [6.45, 7) is 1.11. The van der Waals surface area contributed by atoms with Crippen LogP contribution >= 0.6 is 11.6 Å². The number of rotatable bonds is 3. The first-order chi connectivity index (χ1) is 10.3. The standard InChI is InChI=1S/C17H14ClNO2/c18-15-4-1-12(2-5-15)9-14(11-19)13-3-6-16-17(10-13)21-8-7-20-16/h1-6,10,14H,7-9H2. The summed E-state index contributed by atoms with van der Waals surface area (Å²) in [7, 11) is 0. The minimum Gasteiger partial charge on any atom is -0.486 e. The predicted octanol–water partition coefficient (Wildman–Crippen LogP) is 3.96. The molecule has 2 aromatic carbocycles. The normalized spacial score (nSPS) is 14.3. The lowest BCUT2D eigenvalue weighted by Crippen LogP contribution is -2.15. The lowest BCUT2D eigenvalue weighted by molar-refractivity contribution is 0.171. The quantitative estimate of drug-likeness (QED) is 0.861. The van der Waals surface area contributed by atoms with Crippen molar-refractivity contribution in [3.8, 4) is 17.6 Å². The zero-order valence-corrected chi connectivity index (χ0v) is 12.1. The zero-order chi connectivity index (χ0) is 14.7. The van der Waals surface area contributed by atoms with Crippen LogP contribution in [0.25, 0.3) is 0 Å². The highest BCUT2D eigenvalue weighted by molar-refractivity contribution is 6.30. The van der Waals surface area contributed by atoms with Crippen molar-refractivity contribution >= 4 is 11.6 Å². The Morgan fingerprint density at radius 2 is 1.76 bits per heavy atom. The van der Waals surface area contributed by atoms with Crippen LogP contribution in [-0.2, 0) is 6.42 Å². The molecular formula is C17H14ClNO2. The van der Waals surface area contributed by atoms with Crippen molar-refractivity contribution in [1.82, 2.24) is 0 Å². The second kappa shape index (κ2) is 6.07. The van der Waals surface area contributed by atoms with Gasteiger partial charge in [0.25, 0.3) is 0 Å². The van der Waals surface area contributed by atoms with E-state index in [0.29, 0.717) is 24.7 Å². The van der Waals surface area contributed by atoms with Gasteiger partial charge in [0.1, 0.15) is 13.2 Å². The van der Waals surface area contributed by atoms with Crippen LogP contribution < -0.4 is 9.47 Å². The molecule has 0 saturated carbocycles. The molecule has 0 N–H and O–H groups in total. The molecule has 1 aliphatic rings. The molecule has 3 rings (SSSR count). The number of ether oxygens (including phenoxy) is 2. The predicted molar refractivity (Wildman–Crippen MR) is 80.9 cm³/mol. The Bertz CT molecular complexity index is 676. The van der Waals surface area contributed by atoms with Crippen molar-refractivity contribution in [1.29, 1.82) is 5.26 Å². The molecule has 1 unspecified atom stereocenters. The van der Waals surface area contributed by atoms with Crippen LogP contribution in [0.5, 0.6) is 11.5 Å². The summed E-state index contributed by atoms with van der Waals surface area (Å²) in [6.07, 6.45) is 0.646. The third kappa shape index (κ3) is 3.12. The molecule has 3 nitrogen and oxygen atoms in total. The van der Waals surface area contributed by atoms with Crippen LogP contribution in [0, 0.1) is 11.3 Å². The lowest BCUT2D eigenvalue weighted by Gasteiger charge is -2.20. The summed E-state index contributed by atoms with van der Waals surface area (Å²) in [5.74, 6) is 1.24. The molecule has 1 atom stereocenters. The van der Waals surface area contributed by atoms with Crippen LogP contribution in [0.1, 0.15) is 17.0 Å². The summed E-state index contributed by atoms with van der Waals surface area (Å²) in [5, 5.41) is 10.2. The highest BCUT2D eigenvalue weighted by atomic mass is 35.5. The molecule has 0 aliphatic carbocycles. The lowest BCUT2D eigenvalue weighted by atomic mass is 9.93. The monoisotopic (exact) mass is 299 g/mol. The number of hydrogen-bond donors (Lipinski definition) is 0. The van der Waals surface area contributed by atoms with E-state index in [9.17, 15) is 5.26 Å². The maximum absolute atomic E-state index is 9.45. The molecule has 0 bridgehead atoms.